The van der Waals surface area contributed by atoms with E-state index in [1.807, 2.05) is 6.92 Å². The topological polar surface area (TPSA) is 26.3 Å². The third-order valence-electron chi connectivity index (χ3n) is 1.89. The zero-order valence-electron chi connectivity index (χ0n) is 6.67. The maximum absolute atomic E-state index is 10.9. The van der Waals surface area contributed by atoms with Crippen molar-refractivity contribution < 1.29 is 9.53 Å². The molecule has 60 valence electrons. The Morgan fingerprint density at radius 1 is 1.73 bits per heavy atom. The molecule has 1 saturated heterocycles. The maximum atomic E-state index is 10.9. The van der Waals surface area contributed by atoms with Crippen LogP contribution in [0.3, 0.4) is 0 Å². The van der Waals surface area contributed by atoms with Crippen molar-refractivity contribution in [1.82, 2.24) is 0 Å². The molecule has 0 spiro atoms. The van der Waals surface area contributed by atoms with E-state index in [1.54, 1.807) is 6.08 Å². The van der Waals surface area contributed by atoms with E-state index in [4.69, 9.17) is 4.74 Å². The normalized spacial score (nSPS) is 31.4. The van der Waals surface area contributed by atoms with Crippen LogP contribution in [0.15, 0.2) is 24.8 Å². The molecule has 1 aliphatic rings. The molecule has 11 heavy (non-hydrogen) atoms. The summed E-state index contributed by atoms with van der Waals surface area (Å²) >= 11 is 0. The Bertz CT molecular complexity index is 206. The van der Waals surface area contributed by atoms with Gasteiger partial charge < -0.3 is 4.74 Å². The van der Waals surface area contributed by atoms with Gasteiger partial charge in [0.1, 0.15) is 6.10 Å². The molecular formula is C9H12O2. The van der Waals surface area contributed by atoms with E-state index in [2.05, 4.69) is 13.2 Å². The van der Waals surface area contributed by atoms with Crippen molar-refractivity contribution in [3.05, 3.63) is 24.8 Å². The van der Waals surface area contributed by atoms with E-state index in [-0.39, 0.29) is 12.1 Å². The summed E-state index contributed by atoms with van der Waals surface area (Å²) < 4.78 is 5.00. The minimum Gasteiger partial charge on any atom is -0.455 e. The van der Waals surface area contributed by atoms with E-state index >= 15 is 0 Å². The predicted molar refractivity (Wildman–Crippen MR) is 43.0 cm³/mol. The Hall–Kier alpha value is -1.05. The molecule has 0 aliphatic carbocycles. The molecule has 0 amide bonds. The molecule has 2 atom stereocenters. The fourth-order valence-corrected chi connectivity index (χ4v) is 1.19. The lowest BCUT2D eigenvalue weighted by Crippen LogP contribution is -2.30. The lowest BCUT2D eigenvalue weighted by Gasteiger charge is -2.26. The van der Waals surface area contributed by atoms with Crippen LogP contribution in [0.1, 0.15) is 13.3 Å². The van der Waals surface area contributed by atoms with Crippen LogP contribution in [0.4, 0.5) is 0 Å². The molecule has 0 aromatic carbocycles. The van der Waals surface area contributed by atoms with Crippen molar-refractivity contribution in [2.24, 2.45) is 5.92 Å². The van der Waals surface area contributed by atoms with E-state index in [0.29, 0.717) is 11.5 Å². The van der Waals surface area contributed by atoms with Gasteiger partial charge in [-0.05, 0) is 6.42 Å². The summed E-state index contributed by atoms with van der Waals surface area (Å²) in [6, 6.07) is 0. The number of esters is 1. The van der Waals surface area contributed by atoms with Crippen molar-refractivity contribution in [3.8, 4) is 0 Å². The average molecular weight is 152 g/mol. The molecule has 0 radical (unpaired) electrons. The quantitative estimate of drug-likeness (QED) is 0.324. The van der Waals surface area contributed by atoms with Crippen LogP contribution < -0.4 is 0 Å². The van der Waals surface area contributed by atoms with Gasteiger partial charge in [-0.15, -0.1) is 0 Å². The van der Waals surface area contributed by atoms with Crippen LogP contribution in [-0.4, -0.2) is 12.1 Å². The van der Waals surface area contributed by atoms with E-state index in [1.165, 1.54) is 0 Å². The number of rotatable bonds is 1. The summed E-state index contributed by atoms with van der Waals surface area (Å²) in [7, 11) is 0. The maximum Gasteiger partial charge on any atom is 0.334 e. The van der Waals surface area contributed by atoms with Crippen LogP contribution in [0.5, 0.6) is 0 Å². The molecule has 0 saturated carbocycles. The van der Waals surface area contributed by atoms with Gasteiger partial charge in [-0.3, -0.25) is 0 Å². The SMILES string of the molecule is C=CC1OC(=O)C(=C)CC1C. The molecule has 2 heteroatoms. The third-order valence-corrected chi connectivity index (χ3v) is 1.89. The van der Waals surface area contributed by atoms with Gasteiger partial charge in [-0.25, -0.2) is 4.79 Å². The average Bonchev–Trinajstić information content (AvgIpc) is 1.97. The molecule has 0 bridgehead atoms. The Balaban J connectivity index is 2.69. The highest BCUT2D eigenvalue weighted by Crippen LogP contribution is 2.24. The highest BCUT2D eigenvalue weighted by molar-refractivity contribution is 5.88. The Kier molecular flexibility index (Phi) is 2.13. The first-order chi connectivity index (χ1) is 5.15. The molecule has 1 aliphatic heterocycles. The molecule has 0 N–H and O–H groups in total. The number of hydrogen-bond acceptors (Lipinski definition) is 2. The second kappa shape index (κ2) is 2.91. The van der Waals surface area contributed by atoms with E-state index < -0.39 is 0 Å². The van der Waals surface area contributed by atoms with E-state index in [0.717, 1.165) is 6.42 Å². The molecule has 1 heterocycles. The zero-order chi connectivity index (χ0) is 8.43. The van der Waals surface area contributed by atoms with E-state index in [9.17, 15) is 4.79 Å². The van der Waals surface area contributed by atoms with Crippen molar-refractivity contribution in [2.75, 3.05) is 0 Å². The number of carbonyl (C=O) groups is 1. The Labute approximate surface area is 66.5 Å². The molecule has 2 nitrogen and oxygen atoms in total. The van der Waals surface area contributed by atoms with Crippen LogP contribution in [0, 0.1) is 5.92 Å². The van der Waals surface area contributed by atoms with Gasteiger partial charge in [-0.1, -0.05) is 26.2 Å². The van der Waals surface area contributed by atoms with Crippen molar-refractivity contribution in [3.63, 3.8) is 0 Å². The van der Waals surface area contributed by atoms with Gasteiger partial charge in [0, 0.05) is 11.5 Å². The fraction of sp³-hybridized carbons (Fsp3) is 0.444. The van der Waals surface area contributed by atoms with Gasteiger partial charge in [-0.2, -0.15) is 0 Å². The second-order valence-corrected chi connectivity index (χ2v) is 2.89. The number of hydrogen-bond donors (Lipinski definition) is 0. The summed E-state index contributed by atoms with van der Waals surface area (Å²) in [6.45, 7) is 9.21. The van der Waals surface area contributed by atoms with Crippen molar-refractivity contribution in [2.45, 2.75) is 19.4 Å². The molecular weight excluding hydrogens is 140 g/mol. The minimum atomic E-state index is -0.284. The highest BCUT2D eigenvalue weighted by Gasteiger charge is 2.27. The Morgan fingerprint density at radius 2 is 2.36 bits per heavy atom. The number of cyclic esters (lactones) is 1. The fourth-order valence-electron chi connectivity index (χ4n) is 1.19. The first-order valence-electron chi connectivity index (χ1n) is 3.66. The summed E-state index contributed by atoms with van der Waals surface area (Å²) in [4.78, 5) is 10.9. The van der Waals surface area contributed by atoms with Gasteiger partial charge in [0.25, 0.3) is 0 Å². The third kappa shape index (κ3) is 1.50. The van der Waals surface area contributed by atoms with Crippen LogP contribution >= 0.6 is 0 Å². The summed E-state index contributed by atoms with van der Waals surface area (Å²) in [5, 5.41) is 0. The van der Waals surface area contributed by atoms with Crippen LogP contribution in [0.25, 0.3) is 0 Å². The number of carbonyl (C=O) groups excluding carboxylic acids is 1. The largest absolute Gasteiger partial charge is 0.455 e. The molecule has 0 aromatic heterocycles. The van der Waals surface area contributed by atoms with Crippen LogP contribution in [0.2, 0.25) is 0 Å². The lowest BCUT2D eigenvalue weighted by atomic mass is 9.94. The summed E-state index contributed by atoms with van der Waals surface area (Å²) in [5.41, 5.74) is 0.565. The van der Waals surface area contributed by atoms with Gasteiger partial charge >= 0.3 is 5.97 Å². The standard InChI is InChI=1S/C9H12O2/c1-4-8-6(2)5-7(3)9(10)11-8/h4,6,8H,1,3,5H2,2H3. The predicted octanol–water partition coefficient (Wildman–Crippen LogP) is 1.68. The van der Waals surface area contributed by atoms with Gasteiger partial charge in [0.2, 0.25) is 0 Å². The van der Waals surface area contributed by atoms with Gasteiger partial charge in [0.15, 0.2) is 0 Å². The van der Waals surface area contributed by atoms with Crippen LogP contribution in [-0.2, 0) is 9.53 Å². The smallest absolute Gasteiger partial charge is 0.334 e. The minimum absolute atomic E-state index is 0.131. The summed E-state index contributed by atoms with van der Waals surface area (Å²) in [5.74, 6) is 0.0331. The lowest BCUT2D eigenvalue weighted by molar-refractivity contribution is -0.147. The first kappa shape index (κ1) is 8.05. The highest BCUT2D eigenvalue weighted by atomic mass is 16.5. The molecule has 1 rings (SSSR count). The summed E-state index contributed by atoms with van der Waals surface area (Å²) in [6.07, 6.45) is 2.25. The van der Waals surface area contributed by atoms with Crippen molar-refractivity contribution >= 4 is 5.97 Å². The Morgan fingerprint density at radius 3 is 2.91 bits per heavy atom. The molecule has 1 fully saturated rings. The number of ether oxygens (including phenoxy) is 1. The second-order valence-electron chi connectivity index (χ2n) is 2.89. The molecule has 2 unspecified atom stereocenters. The monoisotopic (exact) mass is 152 g/mol. The van der Waals surface area contributed by atoms with Crippen molar-refractivity contribution in [1.29, 1.82) is 0 Å². The zero-order valence-corrected chi connectivity index (χ0v) is 6.67. The first-order valence-corrected chi connectivity index (χ1v) is 3.66. The molecule has 0 aromatic rings. The van der Waals surface area contributed by atoms with Gasteiger partial charge in [0.05, 0.1) is 0 Å².